The number of urea groups is 1. The fraction of sp³-hybridized carbons (Fsp3) is 0.846. The number of imide groups is 1. The fourth-order valence-corrected chi connectivity index (χ4v) is 4.31. The van der Waals surface area contributed by atoms with Gasteiger partial charge in [0.15, 0.2) is 0 Å². The van der Waals surface area contributed by atoms with Gasteiger partial charge >= 0.3 is 6.03 Å². The molecule has 0 atom stereocenters. The molecule has 0 saturated carbocycles. The lowest BCUT2D eigenvalue weighted by molar-refractivity contribution is -0.134. The molecule has 1 spiro atoms. The van der Waals surface area contributed by atoms with Crippen LogP contribution in [0.25, 0.3) is 0 Å². The Kier molecular flexibility index (Phi) is 3.83. The summed E-state index contributed by atoms with van der Waals surface area (Å²) >= 11 is 0. The minimum atomic E-state index is -4.23. The first kappa shape index (κ1) is 17.2. The smallest absolute Gasteiger partial charge is 0.323 e. The highest BCUT2D eigenvalue weighted by atomic mass is 32.2. The van der Waals surface area contributed by atoms with E-state index in [0.29, 0.717) is 12.8 Å². The van der Waals surface area contributed by atoms with Crippen molar-refractivity contribution in [3.63, 3.8) is 0 Å². The van der Waals surface area contributed by atoms with Crippen LogP contribution in [0.1, 0.15) is 40.5 Å². The van der Waals surface area contributed by atoms with Crippen LogP contribution < -0.4 is 10.6 Å². The van der Waals surface area contributed by atoms with E-state index in [0.717, 1.165) is 4.90 Å². The predicted molar refractivity (Wildman–Crippen MR) is 79.9 cm³/mol. The van der Waals surface area contributed by atoms with Gasteiger partial charge in [0, 0.05) is 17.6 Å². The Morgan fingerprint density at radius 2 is 1.64 bits per heavy atom. The van der Waals surface area contributed by atoms with Gasteiger partial charge in [0.2, 0.25) is 0 Å². The van der Waals surface area contributed by atoms with E-state index in [4.69, 9.17) is 4.55 Å². The van der Waals surface area contributed by atoms with E-state index >= 15 is 0 Å². The van der Waals surface area contributed by atoms with Gasteiger partial charge in [-0.15, -0.1) is 0 Å². The molecule has 0 aromatic carbocycles. The van der Waals surface area contributed by atoms with Crippen LogP contribution in [-0.4, -0.2) is 58.7 Å². The van der Waals surface area contributed by atoms with E-state index in [9.17, 15) is 18.0 Å². The average molecular weight is 333 g/mol. The number of nitrogens with zero attached hydrogens (tertiary/aromatic N) is 1. The molecule has 2 heterocycles. The Hall–Kier alpha value is -1.19. The topological polar surface area (TPSA) is 116 Å². The van der Waals surface area contributed by atoms with Crippen LogP contribution in [0.4, 0.5) is 4.79 Å². The Bertz CT molecular complexity index is 595. The van der Waals surface area contributed by atoms with Crippen molar-refractivity contribution in [2.75, 3.05) is 12.3 Å². The molecule has 2 saturated heterocycles. The molecule has 0 unspecified atom stereocenters. The van der Waals surface area contributed by atoms with Gasteiger partial charge in [-0.3, -0.25) is 14.2 Å². The lowest BCUT2D eigenvalue weighted by Gasteiger charge is -2.50. The van der Waals surface area contributed by atoms with Crippen LogP contribution in [0, 0.1) is 0 Å². The van der Waals surface area contributed by atoms with Crippen molar-refractivity contribution < 1.29 is 22.6 Å². The molecule has 2 aliphatic heterocycles. The third-order valence-corrected chi connectivity index (χ3v) is 4.68. The molecule has 9 heteroatoms. The highest BCUT2D eigenvalue weighted by molar-refractivity contribution is 7.85. The Balaban J connectivity index is 2.26. The van der Waals surface area contributed by atoms with Crippen LogP contribution in [0.2, 0.25) is 0 Å². The molecule has 3 N–H and O–H groups in total. The summed E-state index contributed by atoms with van der Waals surface area (Å²) in [7, 11) is -4.23. The van der Waals surface area contributed by atoms with E-state index in [2.05, 4.69) is 10.6 Å². The number of carbonyl (C=O) groups excluding carboxylic acids is 2. The van der Waals surface area contributed by atoms with Crippen molar-refractivity contribution in [2.24, 2.45) is 0 Å². The van der Waals surface area contributed by atoms with Crippen molar-refractivity contribution in [1.29, 1.82) is 0 Å². The molecule has 0 bridgehead atoms. The maximum absolute atomic E-state index is 12.7. The summed E-state index contributed by atoms with van der Waals surface area (Å²) in [6, 6.07) is -0.609. The normalized spacial score (nSPS) is 26.3. The van der Waals surface area contributed by atoms with Gasteiger partial charge in [0.05, 0.1) is 5.75 Å². The number of hydrogen-bond donors (Lipinski definition) is 3. The zero-order chi connectivity index (χ0) is 17.0. The lowest BCUT2D eigenvalue weighted by Crippen LogP contribution is -2.68. The van der Waals surface area contributed by atoms with Crippen molar-refractivity contribution >= 4 is 22.1 Å². The number of hydrogen-bond acceptors (Lipinski definition) is 5. The van der Waals surface area contributed by atoms with Crippen molar-refractivity contribution in [3.8, 4) is 0 Å². The first-order chi connectivity index (χ1) is 9.75. The van der Waals surface area contributed by atoms with Crippen LogP contribution in [0.3, 0.4) is 0 Å². The van der Waals surface area contributed by atoms with Crippen LogP contribution in [0.5, 0.6) is 0 Å². The monoisotopic (exact) mass is 333 g/mol. The predicted octanol–water partition coefficient (Wildman–Crippen LogP) is 0.105. The number of rotatable bonds is 3. The minimum Gasteiger partial charge on any atom is -0.323 e. The second-order valence-electron chi connectivity index (χ2n) is 7.50. The van der Waals surface area contributed by atoms with E-state index in [1.807, 2.05) is 27.7 Å². The van der Waals surface area contributed by atoms with Gasteiger partial charge in [0.1, 0.15) is 5.54 Å². The zero-order valence-corrected chi connectivity index (χ0v) is 14.1. The molecule has 22 heavy (non-hydrogen) atoms. The molecule has 0 radical (unpaired) electrons. The quantitative estimate of drug-likeness (QED) is 0.498. The molecule has 3 amide bonds. The molecule has 0 aromatic heterocycles. The van der Waals surface area contributed by atoms with Gasteiger partial charge in [-0.05, 0) is 40.5 Å². The molecule has 126 valence electrons. The minimum absolute atomic E-state index is 0.348. The molecule has 2 fully saturated rings. The third-order valence-electron chi connectivity index (χ3n) is 3.98. The van der Waals surface area contributed by atoms with Crippen molar-refractivity contribution in [1.82, 2.24) is 15.5 Å². The SMILES string of the molecule is CC1(C)CC2(CC(C)(C)N1)NC(=O)N(CCS(=O)(=O)O)C2=O. The second-order valence-corrected chi connectivity index (χ2v) is 9.07. The molecule has 0 aliphatic carbocycles. The maximum Gasteiger partial charge on any atom is 0.325 e. The standard InChI is InChI=1S/C13H23N3O5S/c1-11(2)7-13(8-12(3,4)15-11)9(17)16(10(18)14-13)5-6-22(19,20)21/h15H,5-8H2,1-4H3,(H,14,18)(H,19,20,21). The fourth-order valence-electron chi connectivity index (χ4n) is 3.90. The van der Waals surface area contributed by atoms with Gasteiger partial charge in [-0.1, -0.05) is 0 Å². The number of piperidine rings is 1. The third kappa shape index (κ3) is 3.41. The Morgan fingerprint density at radius 1 is 1.14 bits per heavy atom. The summed E-state index contributed by atoms with van der Waals surface area (Å²) in [6.45, 7) is 7.47. The van der Waals surface area contributed by atoms with Crippen molar-refractivity contribution in [3.05, 3.63) is 0 Å². The average Bonchev–Trinajstić information content (AvgIpc) is 2.41. The lowest BCUT2D eigenvalue weighted by atomic mass is 9.71. The van der Waals surface area contributed by atoms with Gasteiger partial charge in [-0.2, -0.15) is 8.42 Å². The number of amides is 3. The van der Waals surface area contributed by atoms with E-state index in [1.165, 1.54) is 0 Å². The summed E-state index contributed by atoms with van der Waals surface area (Å²) in [5, 5.41) is 6.17. The Morgan fingerprint density at radius 3 is 2.09 bits per heavy atom. The molecular formula is C13H23N3O5S. The van der Waals surface area contributed by atoms with E-state index in [1.54, 1.807) is 0 Å². The Labute approximate surface area is 130 Å². The van der Waals surface area contributed by atoms with Gasteiger partial charge < -0.3 is 10.6 Å². The maximum atomic E-state index is 12.7. The summed E-state index contributed by atoms with van der Waals surface area (Å²) in [6.07, 6.45) is 0.826. The number of carbonyl (C=O) groups is 2. The molecule has 2 rings (SSSR count). The molecular weight excluding hydrogens is 310 g/mol. The first-order valence-corrected chi connectivity index (χ1v) is 8.75. The molecule has 8 nitrogen and oxygen atoms in total. The second kappa shape index (κ2) is 4.90. The molecule has 0 aromatic rings. The number of nitrogens with one attached hydrogen (secondary N) is 2. The summed E-state index contributed by atoms with van der Waals surface area (Å²) in [4.78, 5) is 25.7. The van der Waals surface area contributed by atoms with Crippen LogP contribution in [0.15, 0.2) is 0 Å². The summed E-state index contributed by atoms with van der Waals surface area (Å²) < 4.78 is 30.5. The van der Waals surface area contributed by atoms with Gasteiger partial charge in [0.25, 0.3) is 16.0 Å². The first-order valence-electron chi connectivity index (χ1n) is 7.14. The van der Waals surface area contributed by atoms with Crippen molar-refractivity contribution in [2.45, 2.75) is 57.2 Å². The van der Waals surface area contributed by atoms with Gasteiger partial charge in [-0.25, -0.2) is 4.79 Å². The van der Waals surface area contributed by atoms with E-state index in [-0.39, 0.29) is 17.6 Å². The highest BCUT2D eigenvalue weighted by Gasteiger charge is 2.58. The van der Waals surface area contributed by atoms with Crippen LogP contribution in [-0.2, 0) is 14.9 Å². The zero-order valence-electron chi connectivity index (χ0n) is 13.3. The summed E-state index contributed by atoms with van der Waals surface area (Å²) in [5.41, 5.74) is -1.75. The largest absolute Gasteiger partial charge is 0.325 e. The van der Waals surface area contributed by atoms with E-state index < -0.39 is 33.3 Å². The van der Waals surface area contributed by atoms with Crippen LogP contribution >= 0.6 is 0 Å². The highest BCUT2D eigenvalue weighted by Crippen LogP contribution is 2.39. The molecule has 2 aliphatic rings. The summed E-state index contributed by atoms with van der Waals surface area (Å²) in [5.74, 6) is -1.09.